The van der Waals surface area contributed by atoms with Crippen LogP contribution in [0.3, 0.4) is 0 Å². The van der Waals surface area contributed by atoms with Crippen molar-refractivity contribution in [2.45, 2.75) is 44.7 Å². The summed E-state index contributed by atoms with van der Waals surface area (Å²) < 4.78 is 5.87. The minimum Gasteiger partial charge on any atom is -0.493 e. The molecule has 1 heterocycles. The highest BCUT2D eigenvalue weighted by molar-refractivity contribution is 5.85. The maximum atomic E-state index is 12.1. The molecule has 4 nitrogen and oxygen atoms in total. The van der Waals surface area contributed by atoms with Gasteiger partial charge < -0.3 is 15.4 Å². The highest BCUT2D eigenvalue weighted by Gasteiger charge is 2.23. The molecule has 3 rings (SSSR count). The molecule has 0 spiro atoms. The van der Waals surface area contributed by atoms with Crippen molar-refractivity contribution in [2.24, 2.45) is 5.92 Å². The van der Waals surface area contributed by atoms with Crippen molar-refractivity contribution in [1.82, 2.24) is 10.6 Å². The van der Waals surface area contributed by atoms with Gasteiger partial charge >= 0.3 is 0 Å². The molecule has 1 aromatic rings. The second kappa shape index (κ2) is 8.39. The van der Waals surface area contributed by atoms with Gasteiger partial charge in [0.15, 0.2) is 0 Å². The number of benzene rings is 1. The van der Waals surface area contributed by atoms with E-state index in [1.807, 2.05) is 24.3 Å². The van der Waals surface area contributed by atoms with Gasteiger partial charge in [-0.1, -0.05) is 24.6 Å². The van der Waals surface area contributed by atoms with Gasteiger partial charge in [0.2, 0.25) is 5.91 Å². The van der Waals surface area contributed by atoms with E-state index in [0.29, 0.717) is 6.54 Å². The topological polar surface area (TPSA) is 50.4 Å². The number of carbonyl (C=O) groups is 1. The normalized spacial score (nSPS) is 20.8. The summed E-state index contributed by atoms with van der Waals surface area (Å²) in [6, 6.07) is 7.96. The van der Waals surface area contributed by atoms with Crippen LogP contribution in [0.4, 0.5) is 0 Å². The lowest BCUT2D eigenvalue weighted by molar-refractivity contribution is -0.123. The summed E-state index contributed by atoms with van der Waals surface area (Å²) in [7, 11) is 0. The number of halogens is 1. The number of amides is 1. The van der Waals surface area contributed by atoms with E-state index in [2.05, 4.69) is 10.6 Å². The number of nitrogens with one attached hydrogen (secondary N) is 2. The number of para-hydroxylation sites is 1. The van der Waals surface area contributed by atoms with E-state index in [1.54, 1.807) is 0 Å². The van der Waals surface area contributed by atoms with E-state index in [0.717, 1.165) is 43.2 Å². The number of rotatable bonds is 6. The molecule has 1 atom stereocenters. The van der Waals surface area contributed by atoms with E-state index in [9.17, 15) is 4.79 Å². The van der Waals surface area contributed by atoms with Crippen LogP contribution in [0.2, 0.25) is 0 Å². The maximum Gasteiger partial charge on any atom is 0.237 e. The Morgan fingerprint density at radius 2 is 2.05 bits per heavy atom. The SMILES string of the molecule is Cl.O=C(NCc1ccccc1OCC1CC1)C1CCCCN1. The van der Waals surface area contributed by atoms with Gasteiger partial charge in [0, 0.05) is 12.1 Å². The average molecular weight is 325 g/mol. The number of carbonyl (C=O) groups excluding carboxylic acids is 1. The molecular formula is C17H25ClN2O2. The van der Waals surface area contributed by atoms with E-state index < -0.39 is 0 Å². The van der Waals surface area contributed by atoms with Crippen LogP contribution in [-0.2, 0) is 11.3 Å². The highest BCUT2D eigenvalue weighted by Crippen LogP contribution is 2.30. The Kier molecular flexibility index (Phi) is 6.52. The third-order valence-corrected chi connectivity index (χ3v) is 4.22. The van der Waals surface area contributed by atoms with Gasteiger partial charge in [-0.05, 0) is 44.2 Å². The smallest absolute Gasteiger partial charge is 0.237 e. The molecule has 1 aliphatic carbocycles. The Hall–Kier alpha value is -1.26. The molecule has 122 valence electrons. The lowest BCUT2D eigenvalue weighted by atomic mass is 10.0. The fourth-order valence-corrected chi connectivity index (χ4v) is 2.66. The summed E-state index contributed by atoms with van der Waals surface area (Å²) in [5.41, 5.74) is 1.06. The van der Waals surface area contributed by atoms with Gasteiger partial charge in [-0.2, -0.15) is 0 Å². The molecule has 1 saturated heterocycles. The first-order valence-corrected chi connectivity index (χ1v) is 8.05. The van der Waals surface area contributed by atoms with E-state index in [-0.39, 0.29) is 24.4 Å². The van der Waals surface area contributed by atoms with Gasteiger partial charge in [-0.3, -0.25) is 4.79 Å². The van der Waals surface area contributed by atoms with Crippen molar-refractivity contribution in [3.8, 4) is 5.75 Å². The molecule has 5 heteroatoms. The summed E-state index contributed by atoms with van der Waals surface area (Å²) in [6.07, 6.45) is 5.80. The maximum absolute atomic E-state index is 12.1. The first kappa shape index (κ1) is 17.1. The minimum atomic E-state index is -0.0294. The summed E-state index contributed by atoms with van der Waals surface area (Å²) in [4.78, 5) is 12.1. The lowest BCUT2D eigenvalue weighted by Crippen LogP contribution is -2.46. The molecule has 1 amide bonds. The van der Waals surface area contributed by atoms with E-state index in [4.69, 9.17) is 4.74 Å². The van der Waals surface area contributed by atoms with Crippen LogP contribution in [0.15, 0.2) is 24.3 Å². The fraction of sp³-hybridized carbons (Fsp3) is 0.588. The summed E-state index contributed by atoms with van der Waals surface area (Å²) in [5.74, 6) is 1.74. The van der Waals surface area contributed by atoms with Gasteiger partial charge in [-0.15, -0.1) is 12.4 Å². The van der Waals surface area contributed by atoms with Crippen molar-refractivity contribution in [3.05, 3.63) is 29.8 Å². The van der Waals surface area contributed by atoms with Crippen LogP contribution in [0.5, 0.6) is 5.75 Å². The number of piperidine rings is 1. The van der Waals surface area contributed by atoms with E-state index >= 15 is 0 Å². The predicted molar refractivity (Wildman–Crippen MR) is 89.4 cm³/mol. The van der Waals surface area contributed by atoms with Crippen LogP contribution < -0.4 is 15.4 Å². The van der Waals surface area contributed by atoms with Gasteiger partial charge in [0.05, 0.1) is 12.6 Å². The molecule has 2 N–H and O–H groups in total. The van der Waals surface area contributed by atoms with Crippen molar-refractivity contribution in [3.63, 3.8) is 0 Å². The fourth-order valence-electron chi connectivity index (χ4n) is 2.66. The molecule has 2 fully saturated rings. The van der Waals surface area contributed by atoms with Crippen molar-refractivity contribution >= 4 is 18.3 Å². The molecule has 2 aliphatic rings. The monoisotopic (exact) mass is 324 g/mol. The predicted octanol–water partition coefficient (Wildman–Crippen LogP) is 2.66. The summed E-state index contributed by atoms with van der Waals surface area (Å²) in [5, 5.41) is 6.31. The Morgan fingerprint density at radius 1 is 1.23 bits per heavy atom. The first-order chi connectivity index (χ1) is 10.3. The third kappa shape index (κ3) is 4.89. The summed E-state index contributed by atoms with van der Waals surface area (Å²) >= 11 is 0. The molecule has 1 aromatic carbocycles. The number of hydrogen-bond donors (Lipinski definition) is 2. The molecule has 22 heavy (non-hydrogen) atoms. The Balaban J connectivity index is 0.00000176. The van der Waals surface area contributed by atoms with Crippen LogP contribution in [0.1, 0.15) is 37.7 Å². The van der Waals surface area contributed by atoms with E-state index in [1.165, 1.54) is 19.3 Å². The molecule has 1 aliphatic heterocycles. The van der Waals surface area contributed by atoms with Gasteiger partial charge in [0.1, 0.15) is 5.75 Å². The number of ether oxygens (including phenoxy) is 1. The van der Waals surface area contributed by atoms with Gasteiger partial charge in [-0.25, -0.2) is 0 Å². The van der Waals surface area contributed by atoms with Crippen molar-refractivity contribution in [1.29, 1.82) is 0 Å². The van der Waals surface area contributed by atoms with Crippen molar-refractivity contribution in [2.75, 3.05) is 13.2 Å². The van der Waals surface area contributed by atoms with Crippen LogP contribution >= 0.6 is 12.4 Å². The zero-order chi connectivity index (χ0) is 14.5. The minimum absolute atomic E-state index is 0. The average Bonchev–Trinajstić information content (AvgIpc) is 3.36. The van der Waals surface area contributed by atoms with Crippen LogP contribution in [0.25, 0.3) is 0 Å². The third-order valence-electron chi connectivity index (χ3n) is 4.22. The molecular weight excluding hydrogens is 300 g/mol. The molecule has 1 saturated carbocycles. The largest absolute Gasteiger partial charge is 0.493 e. The van der Waals surface area contributed by atoms with Crippen molar-refractivity contribution < 1.29 is 9.53 Å². The van der Waals surface area contributed by atoms with Crippen LogP contribution in [-0.4, -0.2) is 25.1 Å². The molecule has 0 aromatic heterocycles. The first-order valence-electron chi connectivity index (χ1n) is 8.05. The van der Waals surface area contributed by atoms with Gasteiger partial charge in [0.25, 0.3) is 0 Å². The second-order valence-corrected chi connectivity index (χ2v) is 6.08. The Bertz CT molecular complexity index is 485. The quantitative estimate of drug-likeness (QED) is 0.846. The molecule has 0 bridgehead atoms. The summed E-state index contributed by atoms with van der Waals surface area (Å²) in [6.45, 7) is 2.28. The molecule has 1 unspecified atom stereocenters. The zero-order valence-electron chi connectivity index (χ0n) is 12.8. The lowest BCUT2D eigenvalue weighted by Gasteiger charge is -2.22. The second-order valence-electron chi connectivity index (χ2n) is 6.08. The number of hydrogen-bond acceptors (Lipinski definition) is 3. The zero-order valence-corrected chi connectivity index (χ0v) is 13.7. The standard InChI is InChI=1S/C17H24N2O2.ClH/c20-17(15-6-3-4-10-18-15)19-11-14-5-1-2-7-16(14)21-12-13-8-9-13;/h1-2,5,7,13,15,18H,3-4,6,8-12H2,(H,19,20);1H. The Morgan fingerprint density at radius 3 is 2.77 bits per heavy atom. The highest BCUT2D eigenvalue weighted by atomic mass is 35.5. The Labute approximate surface area is 138 Å². The van der Waals surface area contributed by atoms with Crippen LogP contribution in [0, 0.1) is 5.92 Å². The molecule has 0 radical (unpaired) electrons.